The second-order valence-corrected chi connectivity index (χ2v) is 5.25. The summed E-state index contributed by atoms with van der Waals surface area (Å²) in [5.41, 5.74) is 1.61. The predicted octanol–water partition coefficient (Wildman–Crippen LogP) is 2.09. The summed E-state index contributed by atoms with van der Waals surface area (Å²) < 4.78 is 7.45. The fourth-order valence-corrected chi connectivity index (χ4v) is 2.45. The number of nitrogens with zero attached hydrogens (tertiary/aromatic N) is 2. The lowest BCUT2D eigenvalue weighted by Crippen LogP contribution is -2.15. The van der Waals surface area contributed by atoms with Crippen molar-refractivity contribution < 1.29 is 14.9 Å². The Morgan fingerprint density at radius 1 is 1.38 bits per heavy atom. The maximum absolute atomic E-state index is 9.73. The molecule has 1 aromatic carbocycles. The van der Waals surface area contributed by atoms with Gasteiger partial charge in [0.2, 0.25) is 0 Å². The van der Waals surface area contributed by atoms with Gasteiger partial charge in [0.15, 0.2) is 0 Å². The van der Waals surface area contributed by atoms with Gasteiger partial charge in [0.05, 0.1) is 24.5 Å². The number of anilines is 1. The van der Waals surface area contributed by atoms with Crippen LogP contribution in [0, 0.1) is 0 Å². The first-order chi connectivity index (χ1) is 10.2. The standard InChI is InChI=1S/C15H19N3O3/c19-13-4-3-11(15(20)6-13)7-16-12-8-17-18(9-12)10-14-2-1-5-21-14/h3-4,6,8-9,14,16,19-20H,1-2,5,7,10H2. The van der Waals surface area contributed by atoms with Gasteiger partial charge in [-0.25, -0.2) is 0 Å². The van der Waals surface area contributed by atoms with E-state index in [0.717, 1.165) is 37.2 Å². The van der Waals surface area contributed by atoms with Crippen molar-refractivity contribution in [3.8, 4) is 11.5 Å². The van der Waals surface area contributed by atoms with Gasteiger partial charge >= 0.3 is 0 Å². The molecule has 1 atom stereocenters. The molecular weight excluding hydrogens is 270 g/mol. The average molecular weight is 289 g/mol. The summed E-state index contributed by atoms with van der Waals surface area (Å²) >= 11 is 0. The molecule has 1 aliphatic heterocycles. The maximum atomic E-state index is 9.73. The smallest absolute Gasteiger partial charge is 0.124 e. The third-order valence-electron chi connectivity index (χ3n) is 3.60. The molecule has 112 valence electrons. The van der Waals surface area contributed by atoms with E-state index in [9.17, 15) is 10.2 Å². The van der Waals surface area contributed by atoms with E-state index in [4.69, 9.17) is 4.74 Å². The minimum Gasteiger partial charge on any atom is -0.508 e. The Morgan fingerprint density at radius 2 is 2.29 bits per heavy atom. The van der Waals surface area contributed by atoms with Crippen LogP contribution in [0.15, 0.2) is 30.6 Å². The molecule has 21 heavy (non-hydrogen) atoms. The van der Waals surface area contributed by atoms with Crippen molar-refractivity contribution in [2.45, 2.75) is 32.0 Å². The predicted molar refractivity (Wildman–Crippen MR) is 78.3 cm³/mol. The number of aromatic nitrogens is 2. The van der Waals surface area contributed by atoms with Gasteiger partial charge < -0.3 is 20.3 Å². The fraction of sp³-hybridized carbons (Fsp3) is 0.400. The molecule has 1 saturated heterocycles. The van der Waals surface area contributed by atoms with Gasteiger partial charge in [-0.3, -0.25) is 4.68 Å². The highest BCUT2D eigenvalue weighted by Crippen LogP contribution is 2.23. The molecule has 1 fully saturated rings. The van der Waals surface area contributed by atoms with Gasteiger partial charge in [-0.1, -0.05) is 0 Å². The Bertz CT molecular complexity index is 606. The molecule has 0 bridgehead atoms. The number of nitrogens with one attached hydrogen (secondary N) is 1. The van der Waals surface area contributed by atoms with E-state index in [0.29, 0.717) is 6.54 Å². The molecule has 1 aliphatic rings. The van der Waals surface area contributed by atoms with Crippen LogP contribution in [0.5, 0.6) is 11.5 Å². The highest BCUT2D eigenvalue weighted by atomic mass is 16.5. The zero-order chi connectivity index (χ0) is 14.7. The largest absolute Gasteiger partial charge is 0.508 e. The second-order valence-electron chi connectivity index (χ2n) is 5.25. The minimum absolute atomic E-state index is 0.0561. The molecule has 0 radical (unpaired) electrons. The van der Waals surface area contributed by atoms with Gasteiger partial charge in [0, 0.05) is 31.0 Å². The van der Waals surface area contributed by atoms with Crippen LogP contribution in [0.4, 0.5) is 5.69 Å². The lowest BCUT2D eigenvalue weighted by atomic mass is 10.2. The summed E-state index contributed by atoms with van der Waals surface area (Å²) in [7, 11) is 0. The zero-order valence-corrected chi connectivity index (χ0v) is 11.7. The van der Waals surface area contributed by atoms with Crippen molar-refractivity contribution in [2.24, 2.45) is 0 Å². The van der Waals surface area contributed by atoms with E-state index in [1.165, 1.54) is 6.07 Å². The lowest BCUT2D eigenvalue weighted by molar-refractivity contribution is 0.0940. The first-order valence-corrected chi connectivity index (χ1v) is 7.09. The second kappa shape index (κ2) is 6.05. The third kappa shape index (κ3) is 3.46. The molecule has 6 nitrogen and oxygen atoms in total. The number of phenolic OH excluding ortho intramolecular Hbond substituents is 2. The van der Waals surface area contributed by atoms with Crippen LogP contribution >= 0.6 is 0 Å². The topological polar surface area (TPSA) is 79.5 Å². The Balaban J connectivity index is 1.56. The zero-order valence-electron chi connectivity index (χ0n) is 11.7. The third-order valence-corrected chi connectivity index (χ3v) is 3.60. The molecule has 2 heterocycles. The number of ether oxygens (including phenoxy) is 1. The normalized spacial score (nSPS) is 18.0. The number of aromatic hydroxyl groups is 2. The molecule has 3 N–H and O–H groups in total. The van der Waals surface area contributed by atoms with Gasteiger partial charge in [-0.2, -0.15) is 5.10 Å². The molecule has 0 aliphatic carbocycles. The van der Waals surface area contributed by atoms with Crippen LogP contribution in [-0.2, 0) is 17.8 Å². The van der Waals surface area contributed by atoms with Crippen molar-refractivity contribution in [1.29, 1.82) is 0 Å². The van der Waals surface area contributed by atoms with Crippen molar-refractivity contribution >= 4 is 5.69 Å². The summed E-state index contributed by atoms with van der Waals surface area (Å²) in [5, 5.41) is 26.5. The van der Waals surface area contributed by atoms with Crippen LogP contribution in [0.2, 0.25) is 0 Å². The van der Waals surface area contributed by atoms with E-state index in [-0.39, 0.29) is 17.6 Å². The Hall–Kier alpha value is -2.21. The Labute approximate surface area is 123 Å². The summed E-state index contributed by atoms with van der Waals surface area (Å²) in [5.74, 6) is 0.134. The number of hydrogen-bond acceptors (Lipinski definition) is 5. The lowest BCUT2D eigenvalue weighted by Gasteiger charge is -2.09. The summed E-state index contributed by atoms with van der Waals surface area (Å²) in [4.78, 5) is 0. The maximum Gasteiger partial charge on any atom is 0.124 e. The first-order valence-electron chi connectivity index (χ1n) is 7.09. The van der Waals surface area contributed by atoms with Crippen molar-refractivity contribution in [3.05, 3.63) is 36.2 Å². The SMILES string of the molecule is Oc1ccc(CNc2cnn(CC3CCCO3)c2)c(O)c1. The van der Waals surface area contributed by atoms with Crippen LogP contribution in [0.3, 0.4) is 0 Å². The molecule has 6 heteroatoms. The number of phenols is 2. The summed E-state index contributed by atoms with van der Waals surface area (Å²) in [6, 6.07) is 4.57. The van der Waals surface area contributed by atoms with Crippen LogP contribution in [0.1, 0.15) is 18.4 Å². The highest BCUT2D eigenvalue weighted by molar-refractivity contribution is 5.44. The van der Waals surface area contributed by atoms with Gasteiger partial charge in [-0.05, 0) is 25.0 Å². The molecule has 0 saturated carbocycles. The van der Waals surface area contributed by atoms with Crippen molar-refractivity contribution in [3.63, 3.8) is 0 Å². The molecule has 2 aromatic rings. The van der Waals surface area contributed by atoms with Crippen LogP contribution in [-0.4, -0.2) is 32.7 Å². The van der Waals surface area contributed by atoms with Crippen molar-refractivity contribution in [1.82, 2.24) is 9.78 Å². The quantitative estimate of drug-likeness (QED) is 0.785. The summed E-state index contributed by atoms with van der Waals surface area (Å²) in [6.07, 6.45) is 6.16. The molecule has 0 amide bonds. The van der Waals surface area contributed by atoms with Gasteiger partial charge in [-0.15, -0.1) is 0 Å². The van der Waals surface area contributed by atoms with Crippen LogP contribution in [0.25, 0.3) is 0 Å². The molecular formula is C15H19N3O3. The van der Waals surface area contributed by atoms with Crippen LogP contribution < -0.4 is 5.32 Å². The number of benzene rings is 1. The average Bonchev–Trinajstić information content (AvgIpc) is 3.10. The summed E-state index contributed by atoms with van der Waals surface area (Å²) in [6.45, 7) is 2.08. The number of rotatable bonds is 5. The van der Waals surface area contributed by atoms with E-state index in [1.54, 1.807) is 18.3 Å². The van der Waals surface area contributed by atoms with Gasteiger partial charge in [0.1, 0.15) is 11.5 Å². The molecule has 1 unspecified atom stereocenters. The Morgan fingerprint density at radius 3 is 3.05 bits per heavy atom. The monoisotopic (exact) mass is 289 g/mol. The highest BCUT2D eigenvalue weighted by Gasteiger charge is 2.16. The minimum atomic E-state index is 0.0561. The molecule has 3 rings (SSSR count). The van der Waals surface area contributed by atoms with E-state index in [1.807, 2.05) is 10.9 Å². The fourth-order valence-electron chi connectivity index (χ4n) is 2.45. The van der Waals surface area contributed by atoms with E-state index >= 15 is 0 Å². The molecule has 1 aromatic heterocycles. The van der Waals surface area contributed by atoms with Crippen molar-refractivity contribution in [2.75, 3.05) is 11.9 Å². The van der Waals surface area contributed by atoms with E-state index in [2.05, 4.69) is 10.4 Å². The first kappa shape index (κ1) is 13.8. The van der Waals surface area contributed by atoms with Gasteiger partial charge in [0.25, 0.3) is 0 Å². The van der Waals surface area contributed by atoms with E-state index < -0.39 is 0 Å². The number of hydrogen-bond donors (Lipinski definition) is 3. The molecule has 0 spiro atoms. The Kier molecular flexibility index (Phi) is 3.96.